The van der Waals surface area contributed by atoms with Gasteiger partial charge in [0, 0.05) is 30.8 Å². The molecule has 1 atom stereocenters. The highest BCUT2D eigenvalue weighted by molar-refractivity contribution is 5.86. The molecule has 2 aromatic rings. The quantitative estimate of drug-likeness (QED) is 0.763. The van der Waals surface area contributed by atoms with Crippen LogP contribution in [0, 0.1) is 0 Å². The molecule has 1 saturated heterocycles. The highest BCUT2D eigenvalue weighted by atomic mass is 19.1. The van der Waals surface area contributed by atoms with Gasteiger partial charge in [0.05, 0.1) is 36.3 Å². The summed E-state index contributed by atoms with van der Waals surface area (Å²) in [5.74, 6) is 1.23. The summed E-state index contributed by atoms with van der Waals surface area (Å²) in [6, 6.07) is -0.361. The number of rotatable bonds is 6. The first-order valence-electron chi connectivity index (χ1n) is 10.5. The van der Waals surface area contributed by atoms with Crippen LogP contribution in [0.4, 0.5) is 10.3 Å². The Kier molecular flexibility index (Phi) is 6.40. The van der Waals surface area contributed by atoms with Gasteiger partial charge < -0.3 is 19.9 Å². The van der Waals surface area contributed by atoms with Gasteiger partial charge in [-0.2, -0.15) is 0 Å². The Hall–Kier alpha value is -2.06. The van der Waals surface area contributed by atoms with E-state index in [4.69, 9.17) is 14.5 Å². The maximum Gasteiger partial charge on any atom is 0.224 e. The molecule has 8 heteroatoms. The average Bonchev–Trinajstić information content (AvgIpc) is 2.75. The van der Waals surface area contributed by atoms with Crippen molar-refractivity contribution in [2.24, 2.45) is 0 Å². The lowest BCUT2D eigenvalue weighted by molar-refractivity contribution is 0.0244. The third-order valence-corrected chi connectivity index (χ3v) is 5.80. The van der Waals surface area contributed by atoms with Crippen molar-refractivity contribution in [1.82, 2.24) is 15.0 Å². The van der Waals surface area contributed by atoms with E-state index >= 15 is 0 Å². The number of nitrogens with one attached hydrogen (secondary N) is 1. The van der Waals surface area contributed by atoms with E-state index < -0.39 is 6.67 Å². The van der Waals surface area contributed by atoms with Gasteiger partial charge in [-0.25, -0.2) is 19.3 Å². The minimum Gasteiger partial charge on any atom is -0.474 e. The predicted molar refractivity (Wildman–Crippen MR) is 108 cm³/mol. The molecule has 0 unspecified atom stereocenters. The van der Waals surface area contributed by atoms with Crippen LogP contribution in [0.5, 0.6) is 5.88 Å². The SMILES string of the molecule is C[C@H](CF)Nc1ncc2c(OC3CCOCC3)ncc(C3CCC(O)CC3)c2n1. The molecule has 0 bridgehead atoms. The number of aromatic nitrogens is 3. The van der Waals surface area contributed by atoms with E-state index in [0.717, 1.165) is 55.0 Å². The fourth-order valence-corrected chi connectivity index (χ4v) is 4.08. The highest BCUT2D eigenvalue weighted by Gasteiger charge is 2.26. The fraction of sp³-hybridized carbons (Fsp3) is 0.667. The molecule has 7 nitrogen and oxygen atoms in total. The molecule has 1 aliphatic carbocycles. The van der Waals surface area contributed by atoms with Crippen LogP contribution in [0.1, 0.15) is 56.9 Å². The van der Waals surface area contributed by atoms with Crippen LogP contribution in [0.15, 0.2) is 12.4 Å². The van der Waals surface area contributed by atoms with Gasteiger partial charge >= 0.3 is 0 Å². The van der Waals surface area contributed by atoms with Crippen molar-refractivity contribution >= 4 is 16.9 Å². The Labute approximate surface area is 170 Å². The number of anilines is 1. The number of aliphatic hydroxyl groups is 1. The van der Waals surface area contributed by atoms with Crippen LogP contribution < -0.4 is 10.1 Å². The van der Waals surface area contributed by atoms with E-state index in [1.165, 1.54) is 0 Å². The number of halogens is 1. The number of nitrogens with zero attached hydrogens (tertiary/aromatic N) is 3. The molecule has 0 radical (unpaired) electrons. The topological polar surface area (TPSA) is 89.4 Å². The van der Waals surface area contributed by atoms with E-state index in [1.54, 1.807) is 13.1 Å². The summed E-state index contributed by atoms with van der Waals surface area (Å²) < 4.78 is 24.5. The number of fused-ring (bicyclic) bond motifs is 1. The molecule has 2 fully saturated rings. The summed E-state index contributed by atoms with van der Waals surface area (Å²) in [6.07, 6.45) is 8.44. The summed E-state index contributed by atoms with van der Waals surface area (Å²) >= 11 is 0. The second-order valence-electron chi connectivity index (χ2n) is 8.11. The average molecular weight is 404 g/mol. The Morgan fingerprint density at radius 3 is 2.66 bits per heavy atom. The second kappa shape index (κ2) is 9.17. The Morgan fingerprint density at radius 2 is 1.93 bits per heavy atom. The number of alkyl halides is 1. The summed E-state index contributed by atoms with van der Waals surface area (Å²) in [5, 5.41) is 13.7. The number of pyridine rings is 1. The van der Waals surface area contributed by atoms with Crippen LogP contribution in [-0.2, 0) is 4.74 Å². The van der Waals surface area contributed by atoms with Crippen molar-refractivity contribution in [3.63, 3.8) is 0 Å². The lowest BCUT2D eigenvalue weighted by Gasteiger charge is -2.27. The zero-order valence-corrected chi connectivity index (χ0v) is 16.8. The van der Waals surface area contributed by atoms with Gasteiger partial charge in [-0.3, -0.25) is 0 Å². The van der Waals surface area contributed by atoms with E-state index in [1.807, 2.05) is 6.20 Å². The molecular formula is C21H29FN4O3. The number of hydrogen-bond acceptors (Lipinski definition) is 7. The normalized spacial score (nSPS) is 24.4. The highest BCUT2D eigenvalue weighted by Crippen LogP contribution is 2.38. The van der Waals surface area contributed by atoms with Crippen molar-refractivity contribution in [2.75, 3.05) is 25.2 Å². The Morgan fingerprint density at radius 1 is 1.17 bits per heavy atom. The maximum atomic E-state index is 12.9. The number of ether oxygens (including phenoxy) is 2. The molecule has 2 aromatic heterocycles. The first-order valence-corrected chi connectivity index (χ1v) is 10.5. The third-order valence-electron chi connectivity index (χ3n) is 5.80. The van der Waals surface area contributed by atoms with Gasteiger partial charge in [0.2, 0.25) is 11.8 Å². The van der Waals surface area contributed by atoms with Gasteiger partial charge in [0.25, 0.3) is 0 Å². The van der Waals surface area contributed by atoms with Crippen LogP contribution in [0.25, 0.3) is 10.9 Å². The van der Waals surface area contributed by atoms with Crippen molar-refractivity contribution in [3.05, 3.63) is 18.0 Å². The van der Waals surface area contributed by atoms with Gasteiger partial charge in [-0.15, -0.1) is 0 Å². The van der Waals surface area contributed by atoms with Gasteiger partial charge in [0.1, 0.15) is 12.8 Å². The molecule has 1 aliphatic heterocycles. The first kappa shape index (κ1) is 20.2. The molecular weight excluding hydrogens is 375 g/mol. The predicted octanol–water partition coefficient (Wildman–Crippen LogP) is 3.37. The summed E-state index contributed by atoms with van der Waals surface area (Å²) in [6.45, 7) is 2.64. The summed E-state index contributed by atoms with van der Waals surface area (Å²) in [4.78, 5) is 13.7. The van der Waals surface area contributed by atoms with Crippen LogP contribution in [0.2, 0.25) is 0 Å². The standard InChI is InChI=1S/C21H29FN4O3/c1-13(10-22)25-21-24-12-18-19(26-21)17(14-2-4-15(27)5-3-14)11-23-20(18)29-16-6-8-28-9-7-16/h11-16,27H,2-10H2,1H3,(H,24,25,26)/t13-,14?,15?/m1/s1. The van der Waals surface area contributed by atoms with Crippen molar-refractivity contribution in [3.8, 4) is 5.88 Å². The summed E-state index contributed by atoms with van der Waals surface area (Å²) in [5.41, 5.74) is 1.84. The van der Waals surface area contributed by atoms with Crippen molar-refractivity contribution in [1.29, 1.82) is 0 Å². The van der Waals surface area contributed by atoms with Crippen LogP contribution in [-0.4, -0.2) is 58.2 Å². The number of aliphatic hydroxyl groups excluding tert-OH is 1. The van der Waals surface area contributed by atoms with E-state index in [0.29, 0.717) is 25.0 Å². The molecule has 2 N–H and O–H groups in total. The van der Waals surface area contributed by atoms with E-state index in [-0.39, 0.29) is 24.2 Å². The molecule has 158 valence electrons. The molecule has 0 amide bonds. The van der Waals surface area contributed by atoms with Gasteiger partial charge in [-0.1, -0.05) is 0 Å². The summed E-state index contributed by atoms with van der Waals surface area (Å²) in [7, 11) is 0. The minimum atomic E-state index is -0.497. The minimum absolute atomic E-state index is 0.0690. The fourth-order valence-electron chi connectivity index (χ4n) is 4.08. The lowest BCUT2D eigenvalue weighted by Crippen LogP contribution is -2.26. The maximum absolute atomic E-state index is 12.9. The molecule has 0 spiro atoms. The second-order valence-corrected chi connectivity index (χ2v) is 8.11. The number of hydrogen-bond donors (Lipinski definition) is 2. The van der Waals surface area contributed by atoms with Gasteiger partial charge in [-0.05, 0) is 38.5 Å². The monoisotopic (exact) mass is 404 g/mol. The third kappa shape index (κ3) is 4.75. The van der Waals surface area contributed by atoms with Crippen molar-refractivity contribution < 1.29 is 19.0 Å². The zero-order valence-electron chi connectivity index (χ0n) is 16.8. The van der Waals surface area contributed by atoms with Crippen LogP contribution in [0.3, 0.4) is 0 Å². The molecule has 0 aromatic carbocycles. The molecule has 1 saturated carbocycles. The van der Waals surface area contributed by atoms with Crippen molar-refractivity contribution in [2.45, 2.75) is 69.6 Å². The molecule has 29 heavy (non-hydrogen) atoms. The molecule has 3 heterocycles. The molecule has 4 rings (SSSR count). The van der Waals surface area contributed by atoms with Gasteiger partial charge in [0.15, 0.2) is 0 Å². The Bertz CT molecular complexity index is 823. The van der Waals surface area contributed by atoms with Crippen LogP contribution >= 0.6 is 0 Å². The smallest absolute Gasteiger partial charge is 0.224 e. The largest absolute Gasteiger partial charge is 0.474 e. The first-order chi connectivity index (χ1) is 14.1. The van der Waals surface area contributed by atoms with E-state index in [2.05, 4.69) is 15.3 Å². The zero-order chi connectivity index (χ0) is 20.2. The molecule has 2 aliphatic rings. The lowest BCUT2D eigenvalue weighted by atomic mass is 9.83. The van der Waals surface area contributed by atoms with E-state index in [9.17, 15) is 9.50 Å². The Balaban J connectivity index is 1.69.